The van der Waals surface area contributed by atoms with Gasteiger partial charge in [0.1, 0.15) is 5.82 Å². The summed E-state index contributed by atoms with van der Waals surface area (Å²) < 4.78 is 2.00. The molecule has 0 fully saturated rings. The van der Waals surface area contributed by atoms with Crippen LogP contribution in [0.1, 0.15) is 5.82 Å². The number of imidazole rings is 1. The highest BCUT2D eigenvalue weighted by atomic mass is 32.2. The number of aryl methyl sites for hydroxylation is 1. The van der Waals surface area contributed by atoms with Crippen LogP contribution in [-0.2, 0) is 12.8 Å². The molecule has 0 aliphatic rings. The maximum absolute atomic E-state index is 4.11. The van der Waals surface area contributed by atoms with E-state index in [1.165, 1.54) is 0 Å². The Labute approximate surface area is 59.3 Å². The van der Waals surface area contributed by atoms with Crippen molar-refractivity contribution in [2.24, 2.45) is 7.05 Å². The third kappa shape index (κ3) is 1.48. The second-order valence-electron chi connectivity index (χ2n) is 1.80. The molecule has 0 aliphatic carbocycles. The van der Waals surface area contributed by atoms with Crippen molar-refractivity contribution in [1.82, 2.24) is 9.55 Å². The van der Waals surface area contributed by atoms with E-state index in [1.54, 1.807) is 18.0 Å². The zero-order valence-electron chi connectivity index (χ0n) is 5.37. The van der Waals surface area contributed by atoms with Gasteiger partial charge < -0.3 is 4.57 Å². The summed E-state index contributed by atoms with van der Waals surface area (Å²) >= 11 is 1.54. The molecule has 0 saturated carbocycles. The summed E-state index contributed by atoms with van der Waals surface area (Å²) in [6.45, 7) is 0. The molecule has 49 valence electrons. The number of aromatic nitrogens is 2. The molecule has 1 aromatic rings. The van der Waals surface area contributed by atoms with Gasteiger partial charge in [0.25, 0.3) is 0 Å². The molecule has 1 rings (SSSR count). The van der Waals surface area contributed by atoms with Crippen LogP contribution in [0.5, 0.6) is 0 Å². The van der Waals surface area contributed by atoms with Gasteiger partial charge in [-0.2, -0.15) is 11.8 Å². The highest BCUT2D eigenvalue weighted by Crippen LogP contribution is 2.05. The predicted molar refractivity (Wildman–Crippen MR) is 39.9 cm³/mol. The van der Waals surface area contributed by atoms with Gasteiger partial charge in [0, 0.05) is 25.7 Å². The van der Waals surface area contributed by atoms with Gasteiger partial charge in [-0.15, -0.1) is 0 Å². The first kappa shape index (κ1) is 6.68. The second-order valence-corrected chi connectivity index (χ2v) is 2.50. The number of hydrogen-bond donors (Lipinski definition) is 0. The Bertz CT molecular complexity index is 183. The van der Waals surface area contributed by atoms with Gasteiger partial charge in [0.2, 0.25) is 0 Å². The molecule has 1 heterocycles. The molecular weight excluding hydrogens is 132 g/mol. The van der Waals surface area contributed by atoms with E-state index < -0.39 is 0 Å². The van der Waals surface area contributed by atoms with E-state index in [0.29, 0.717) is 0 Å². The Kier molecular flexibility index (Phi) is 2.16. The van der Waals surface area contributed by atoms with Crippen molar-refractivity contribution in [3.8, 4) is 0 Å². The van der Waals surface area contributed by atoms with E-state index in [-0.39, 0.29) is 0 Å². The van der Waals surface area contributed by atoms with Gasteiger partial charge in [-0.1, -0.05) is 0 Å². The summed E-state index contributed by atoms with van der Waals surface area (Å²) in [7, 11) is 1.98. The van der Waals surface area contributed by atoms with Crippen LogP contribution in [0.3, 0.4) is 0 Å². The predicted octanol–water partition coefficient (Wildman–Crippen LogP) is 1.44. The number of thioether (sulfide) groups is 1. The molecule has 1 radical (unpaired) electrons. The minimum absolute atomic E-state index is 0.892. The first-order valence-electron chi connectivity index (χ1n) is 2.68. The third-order valence-electron chi connectivity index (χ3n) is 1.15. The smallest absolute Gasteiger partial charge is 0.118 e. The molecule has 9 heavy (non-hydrogen) atoms. The van der Waals surface area contributed by atoms with Crippen LogP contribution in [0, 0.1) is 6.26 Å². The van der Waals surface area contributed by atoms with Crippen molar-refractivity contribution in [1.29, 1.82) is 0 Å². The zero-order chi connectivity index (χ0) is 6.69. The van der Waals surface area contributed by atoms with Crippen molar-refractivity contribution in [3.05, 3.63) is 24.5 Å². The quantitative estimate of drug-likeness (QED) is 0.620. The van der Waals surface area contributed by atoms with E-state index >= 15 is 0 Å². The van der Waals surface area contributed by atoms with Crippen LogP contribution < -0.4 is 0 Å². The Balaban J connectivity index is 2.69. The summed E-state index contributed by atoms with van der Waals surface area (Å²) in [5, 5.41) is 0. The Morgan fingerprint density at radius 1 is 1.89 bits per heavy atom. The summed E-state index contributed by atoms with van der Waals surface area (Å²) in [5.74, 6) is 1.97. The fraction of sp³-hybridized carbons (Fsp3) is 0.333. The van der Waals surface area contributed by atoms with Gasteiger partial charge in [-0.25, -0.2) is 4.98 Å². The van der Waals surface area contributed by atoms with Gasteiger partial charge in [-0.05, 0) is 0 Å². The van der Waals surface area contributed by atoms with E-state index in [4.69, 9.17) is 0 Å². The largest absolute Gasteiger partial charge is 0.337 e. The van der Waals surface area contributed by atoms with Crippen LogP contribution in [-0.4, -0.2) is 9.55 Å². The lowest BCUT2D eigenvalue weighted by Gasteiger charge is -1.95. The molecule has 1 aromatic heterocycles. The molecule has 0 saturated heterocycles. The summed E-state index contributed by atoms with van der Waals surface area (Å²) in [6, 6.07) is 0. The van der Waals surface area contributed by atoms with Crippen molar-refractivity contribution in [2.75, 3.05) is 0 Å². The SMILES string of the molecule is [CH2]SCc1nccn1C. The molecule has 0 N–H and O–H groups in total. The lowest BCUT2D eigenvalue weighted by atomic mass is 10.7. The van der Waals surface area contributed by atoms with E-state index in [1.807, 2.05) is 17.8 Å². The standard InChI is InChI=1S/C6H9N2S/c1-8-4-3-7-6(8)5-9-2/h3-4H,2,5H2,1H3. The van der Waals surface area contributed by atoms with Crippen LogP contribution in [0.4, 0.5) is 0 Å². The Hall–Kier alpha value is -0.440. The molecule has 0 aromatic carbocycles. The topological polar surface area (TPSA) is 17.8 Å². The fourth-order valence-electron chi connectivity index (χ4n) is 0.627. The monoisotopic (exact) mass is 141 g/mol. The molecule has 0 spiro atoms. The average Bonchev–Trinajstić information content (AvgIpc) is 2.18. The van der Waals surface area contributed by atoms with Crippen molar-refractivity contribution >= 4 is 11.8 Å². The Morgan fingerprint density at radius 3 is 3.11 bits per heavy atom. The first-order valence-corrected chi connectivity index (χ1v) is 3.83. The molecular formula is C6H9N2S. The summed E-state index contributed by atoms with van der Waals surface area (Å²) in [4.78, 5) is 4.11. The van der Waals surface area contributed by atoms with Crippen LogP contribution >= 0.6 is 11.8 Å². The summed E-state index contributed by atoms with van der Waals surface area (Å²) in [5.41, 5.74) is 0. The first-order chi connectivity index (χ1) is 4.34. The maximum Gasteiger partial charge on any atom is 0.118 e. The van der Waals surface area contributed by atoms with Gasteiger partial charge in [0.15, 0.2) is 0 Å². The highest BCUT2D eigenvalue weighted by molar-refractivity contribution is 7.99. The molecule has 0 atom stereocenters. The molecule has 2 nitrogen and oxygen atoms in total. The lowest BCUT2D eigenvalue weighted by molar-refractivity contribution is 0.850. The maximum atomic E-state index is 4.11. The van der Waals surface area contributed by atoms with Crippen molar-refractivity contribution in [2.45, 2.75) is 5.75 Å². The van der Waals surface area contributed by atoms with E-state index in [0.717, 1.165) is 11.6 Å². The molecule has 3 heteroatoms. The third-order valence-corrected chi connectivity index (χ3v) is 1.61. The minimum atomic E-state index is 0.892. The van der Waals surface area contributed by atoms with E-state index in [9.17, 15) is 0 Å². The number of nitrogens with zero attached hydrogens (tertiary/aromatic N) is 2. The molecule has 0 bridgehead atoms. The number of hydrogen-bond acceptors (Lipinski definition) is 2. The molecule has 0 amide bonds. The molecule has 0 unspecified atom stereocenters. The zero-order valence-corrected chi connectivity index (χ0v) is 6.19. The second kappa shape index (κ2) is 2.92. The minimum Gasteiger partial charge on any atom is -0.337 e. The fourth-order valence-corrected chi connectivity index (χ4v) is 1.09. The highest BCUT2D eigenvalue weighted by Gasteiger charge is 1.94. The Morgan fingerprint density at radius 2 is 2.67 bits per heavy atom. The van der Waals surface area contributed by atoms with Crippen molar-refractivity contribution in [3.63, 3.8) is 0 Å². The average molecular weight is 141 g/mol. The van der Waals surface area contributed by atoms with Crippen LogP contribution in [0.2, 0.25) is 0 Å². The van der Waals surface area contributed by atoms with Crippen molar-refractivity contribution < 1.29 is 0 Å². The lowest BCUT2D eigenvalue weighted by Crippen LogP contribution is -1.92. The van der Waals surface area contributed by atoms with Gasteiger partial charge in [-0.3, -0.25) is 0 Å². The van der Waals surface area contributed by atoms with Crippen LogP contribution in [0.25, 0.3) is 0 Å². The van der Waals surface area contributed by atoms with E-state index in [2.05, 4.69) is 11.2 Å². The van der Waals surface area contributed by atoms with Gasteiger partial charge >= 0.3 is 0 Å². The molecule has 0 aliphatic heterocycles. The summed E-state index contributed by atoms with van der Waals surface area (Å²) in [6.07, 6.45) is 7.40. The number of rotatable bonds is 2. The van der Waals surface area contributed by atoms with Crippen LogP contribution in [0.15, 0.2) is 12.4 Å². The normalized spacial score (nSPS) is 10.0. The van der Waals surface area contributed by atoms with Gasteiger partial charge in [0.05, 0.1) is 5.75 Å².